The molecule has 0 aliphatic rings. The van der Waals surface area contributed by atoms with Crippen LogP contribution in [0, 0.1) is 0 Å². The van der Waals surface area contributed by atoms with Crippen LogP contribution in [0.3, 0.4) is 0 Å². The Balaban J connectivity index is 3.21. The van der Waals surface area contributed by atoms with Crippen LogP contribution >= 0.6 is 0 Å². The van der Waals surface area contributed by atoms with Gasteiger partial charge < -0.3 is 9.30 Å². The fraction of sp³-hybridized carbons (Fsp3) is 1.00. The van der Waals surface area contributed by atoms with Crippen LogP contribution in [0.2, 0.25) is 32.7 Å². The average molecular weight is 189 g/mol. The first-order valence-electron chi connectivity index (χ1n) is 3.50. The molecule has 10 heavy (non-hydrogen) atoms. The minimum Gasteiger partial charge on any atom is -0.349 e. The zero-order valence-electron chi connectivity index (χ0n) is 7.50. The highest BCUT2D eigenvalue weighted by Crippen LogP contribution is 1.90. The summed E-state index contributed by atoms with van der Waals surface area (Å²) in [4.78, 5) is 0. The van der Waals surface area contributed by atoms with Crippen LogP contribution in [0.25, 0.3) is 0 Å². The lowest BCUT2D eigenvalue weighted by atomic mass is 11.8. The van der Waals surface area contributed by atoms with Gasteiger partial charge in [-0.3, -0.25) is 0 Å². The lowest BCUT2D eigenvalue weighted by Gasteiger charge is -2.17. The van der Waals surface area contributed by atoms with Gasteiger partial charge in [-0.25, -0.2) is 0 Å². The zero-order valence-corrected chi connectivity index (χ0v) is 10.5. The van der Waals surface area contributed by atoms with E-state index in [0.29, 0.717) is 0 Å². The van der Waals surface area contributed by atoms with Gasteiger partial charge in [0.1, 0.15) is 17.2 Å². The monoisotopic (exact) mass is 189 g/mol. The Morgan fingerprint density at radius 3 is 2.00 bits per heavy atom. The van der Waals surface area contributed by atoms with Crippen molar-refractivity contribution < 1.29 is 0 Å². The molecule has 0 amide bonds. The molecule has 2 nitrogen and oxygen atoms in total. The van der Waals surface area contributed by atoms with Gasteiger partial charge in [0.15, 0.2) is 0 Å². The smallest absolute Gasteiger partial charge is 0.230 e. The summed E-state index contributed by atoms with van der Waals surface area (Å²) in [7, 11) is -0.472. The van der Waals surface area contributed by atoms with Gasteiger partial charge in [-0.1, -0.05) is 32.7 Å². The molecule has 0 rings (SSSR count). The van der Waals surface area contributed by atoms with Gasteiger partial charge in [0, 0.05) is 0 Å². The van der Waals surface area contributed by atoms with Gasteiger partial charge in [0.25, 0.3) is 0 Å². The van der Waals surface area contributed by atoms with Crippen LogP contribution in [0.4, 0.5) is 0 Å². The molecule has 0 bridgehead atoms. The summed E-state index contributed by atoms with van der Waals surface area (Å²) in [5.74, 6) is 0. The van der Waals surface area contributed by atoms with Crippen molar-refractivity contribution in [3.05, 3.63) is 0 Å². The van der Waals surface area contributed by atoms with Gasteiger partial charge in [0.2, 0.25) is 9.84 Å². The normalized spacial score (nSPS) is 12.6. The fourth-order valence-corrected chi connectivity index (χ4v) is 3.66. The molecular weight excluding hydrogens is 172 g/mol. The maximum absolute atomic E-state index is 3.53. The second-order valence-corrected chi connectivity index (χ2v) is 12.4. The Morgan fingerprint density at radius 2 is 1.70 bits per heavy atom. The van der Waals surface area contributed by atoms with Crippen molar-refractivity contribution in [2.24, 2.45) is 0 Å². The molecule has 0 heterocycles. The predicted molar refractivity (Wildman–Crippen MR) is 52.9 cm³/mol. The van der Waals surface area contributed by atoms with Crippen molar-refractivity contribution in [1.82, 2.24) is 9.30 Å². The molecule has 0 aliphatic heterocycles. The number of nitrogens with one attached hydrogen (secondary N) is 2. The van der Waals surface area contributed by atoms with E-state index >= 15 is 0 Å². The molecule has 3 radical (unpaired) electrons. The van der Waals surface area contributed by atoms with Crippen LogP contribution in [-0.4, -0.2) is 27.0 Å². The summed E-state index contributed by atoms with van der Waals surface area (Å²) in [6.45, 7) is 11.5. The highest BCUT2D eigenvalue weighted by molar-refractivity contribution is 6.80. The molecule has 2 N–H and O–H groups in total. The number of rotatable bonds is 4. The molecule has 0 aliphatic carbocycles. The predicted octanol–water partition coefficient (Wildman–Crippen LogP) is 0.786. The standard InChI is InChI=1S/C5H17N2Si3/c1-9(2)6-8-7-10(3,4)5/h6-7H,1-5H3. The summed E-state index contributed by atoms with van der Waals surface area (Å²) < 4.78 is 6.99. The Morgan fingerprint density at radius 1 is 1.20 bits per heavy atom. The summed E-state index contributed by atoms with van der Waals surface area (Å²) in [5.41, 5.74) is 0. The lowest BCUT2D eigenvalue weighted by molar-refractivity contribution is 1.33. The van der Waals surface area contributed by atoms with Crippen LogP contribution in [0.15, 0.2) is 0 Å². The largest absolute Gasteiger partial charge is 0.349 e. The Kier molecular flexibility index (Phi) is 4.70. The first kappa shape index (κ1) is 10.6. The van der Waals surface area contributed by atoms with E-state index in [0.717, 1.165) is 9.84 Å². The van der Waals surface area contributed by atoms with E-state index in [4.69, 9.17) is 0 Å². The third-order valence-corrected chi connectivity index (χ3v) is 6.75. The van der Waals surface area contributed by atoms with Crippen molar-refractivity contribution in [3.8, 4) is 0 Å². The topological polar surface area (TPSA) is 24.1 Å². The molecular formula is C5H17N2Si3. The van der Waals surface area contributed by atoms with Crippen LogP contribution in [-0.2, 0) is 0 Å². The Bertz CT molecular complexity index is 89.4. The quantitative estimate of drug-likeness (QED) is 0.639. The van der Waals surface area contributed by atoms with E-state index < -0.39 is 8.24 Å². The molecule has 0 spiro atoms. The molecule has 0 aromatic heterocycles. The van der Waals surface area contributed by atoms with E-state index in [9.17, 15) is 0 Å². The van der Waals surface area contributed by atoms with Crippen molar-refractivity contribution in [3.63, 3.8) is 0 Å². The van der Waals surface area contributed by atoms with E-state index in [1.807, 2.05) is 0 Å². The first-order chi connectivity index (χ1) is 4.42. The average Bonchev–Trinajstić information content (AvgIpc) is 1.59. The van der Waals surface area contributed by atoms with E-state index in [-0.39, 0.29) is 8.96 Å². The lowest BCUT2D eigenvalue weighted by Crippen LogP contribution is -2.51. The molecule has 0 atom stereocenters. The highest BCUT2D eigenvalue weighted by atomic mass is 28.4. The van der Waals surface area contributed by atoms with Gasteiger partial charge in [-0.05, 0) is 0 Å². The summed E-state index contributed by atoms with van der Waals surface area (Å²) >= 11 is 0. The van der Waals surface area contributed by atoms with Crippen LogP contribution in [0.1, 0.15) is 0 Å². The second-order valence-electron chi connectivity index (χ2n) is 3.62. The zero-order chi connectivity index (χ0) is 8.20. The van der Waals surface area contributed by atoms with Crippen molar-refractivity contribution >= 4 is 27.0 Å². The molecule has 0 unspecified atom stereocenters. The summed E-state index contributed by atoms with van der Waals surface area (Å²) in [6.07, 6.45) is 0. The van der Waals surface area contributed by atoms with Gasteiger partial charge in [0.05, 0.1) is 0 Å². The van der Waals surface area contributed by atoms with Crippen LogP contribution < -0.4 is 9.30 Å². The molecule has 0 fully saturated rings. The molecule has 0 aromatic carbocycles. The Hall–Kier alpha value is 0.571. The van der Waals surface area contributed by atoms with E-state index in [2.05, 4.69) is 42.0 Å². The SMILES string of the molecule is C[Si](C)N[Si]N[Si](C)(C)C. The second kappa shape index (κ2) is 4.45. The van der Waals surface area contributed by atoms with Gasteiger partial charge in [-0.15, -0.1) is 0 Å². The Labute approximate surface area is 69.6 Å². The van der Waals surface area contributed by atoms with Crippen LogP contribution in [0.5, 0.6) is 0 Å². The minimum atomic E-state index is -1.01. The van der Waals surface area contributed by atoms with Crippen molar-refractivity contribution in [2.75, 3.05) is 0 Å². The third kappa shape index (κ3) is 8.57. The van der Waals surface area contributed by atoms with E-state index in [1.165, 1.54) is 0 Å². The number of hydrogen-bond donors (Lipinski definition) is 2. The summed E-state index contributed by atoms with van der Waals surface area (Å²) in [6, 6.07) is 0. The van der Waals surface area contributed by atoms with Crippen molar-refractivity contribution in [2.45, 2.75) is 32.7 Å². The highest BCUT2D eigenvalue weighted by Gasteiger charge is 2.11. The van der Waals surface area contributed by atoms with Gasteiger partial charge in [-0.2, -0.15) is 0 Å². The summed E-state index contributed by atoms with van der Waals surface area (Å²) in [5, 5.41) is 0. The molecule has 0 saturated heterocycles. The van der Waals surface area contributed by atoms with E-state index in [1.54, 1.807) is 0 Å². The minimum absolute atomic E-state index is 0.235. The molecule has 5 heteroatoms. The maximum Gasteiger partial charge on any atom is 0.230 e. The molecule has 0 aromatic rings. The van der Waals surface area contributed by atoms with Crippen molar-refractivity contribution in [1.29, 1.82) is 0 Å². The fourth-order valence-electron chi connectivity index (χ4n) is 0.344. The third-order valence-electron chi connectivity index (χ3n) is 0.750. The molecule has 0 saturated carbocycles. The first-order valence-corrected chi connectivity index (χ1v) is 10.5. The van der Waals surface area contributed by atoms with Gasteiger partial charge >= 0.3 is 0 Å². The number of hydrogen-bond acceptors (Lipinski definition) is 2. The maximum atomic E-state index is 3.53. The molecule has 59 valence electrons.